The average molecular weight is 402 g/mol. The molecule has 1 aromatic carbocycles. The van der Waals surface area contributed by atoms with Gasteiger partial charge in [0, 0.05) is 19.2 Å². The molecule has 27 heavy (non-hydrogen) atoms. The van der Waals surface area contributed by atoms with Crippen molar-refractivity contribution in [3.63, 3.8) is 0 Å². The van der Waals surface area contributed by atoms with Gasteiger partial charge in [-0.25, -0.2) is 13.2 Å². The molecule has 0 spiro atoms. The number of aryl methyl sites for hydroxylation is 2. The van der Waals surface area contributed by atoms with Crippen LogP contribution in [0.1, 0.15) is 22.4 Å². The molecule has 1 aliphatic heterocycles. The molecule has 2 aromatic rings. The van der Waals surface area contributed by atoms with E-state index in [0.29, 0.717) is 22.4 Å². The molecule has 2 N–H and O–H groups in total. The van der Waals surface area contributed by atoms with Crippen LogP contribution in [0.15, 0.2) is 23.1 Å². The highest BCUT2D eigenvalue weighted by Gasteiger charge is 2.37. The minimum Gasteiger partial charge on any atom is -0.334 e. The van der Waals surface area contributed by atoms with E-state index in [4.69, 9.17) is 0 Å². The molecular formula is C16H17F3N4O3S. The first-order chi connectivity index (χ1) is 12.5. The minimum absolute atomic E-state index is 0.0557. The third kappa shape index (κ3) is 3.77. The van der Waals surface area contributed by atoms with Gasteiger partial charge in [0.25, 0.3) is 0 Å². The number of urea groups is 1. The van der Waals surface area contributed by atoms with Crippen molar-refractivity contribution < 1.29 is 26.4 Å². The zero-order valence-corrected chi connectivity index (χ0v) is 15.3. The van der Waals surface area contributed by atoms with Crippen LogP contribution in [0.3, 0.4) is 0 Å². The maximum atomic E-state index is 12.9. The molecule has 3 rings (SSSR count). The highest BCUT2D eigenvalue weighted by atomic mass is 32.2. The zero-order valence-electron chi connectivity index (χ0n) is 14.5. The summed E-state index contributed by atoms with van der Waals surface area (Å²) >= 11 is 0. The molecule has 0 atom stereocenters. The second-order valence-electron chi connectivity index (χ2n) is 6.26. The second-order valence-corrected chi connectivity index (χ2v) is 8.34. The maximum absolute atomic E-state index is 12.9. The van der Waals surface area contributed by atoms with E-state index in [0.717, 1.165) is 4.68 Å². The number of alkyl halides is 3. The van der Waals surface area contributed by atoms with Crippen molar-refractivity contribution in [2.75, 3.05) is 11.1 Å². The highest BCUT2D eigenvalue weighted by Crippen LogP contribution is 2.33. The fourth-order valence-corrected chi connectivity index (χ4v) is 4.55. The Morgan fingerprint density at radius 3 is 2.67 bits per heavy atom. The number of nitrogens with zero attached hydrogens (tertiary/aromatic N) is 2. The Balaban J connectivity index is 1.67. The number of carbonyl (C=O) groups excluding carboxylic acids is 1. The number of amides is 2. The summed E-state index contributed by atoms with van der Waals surface area (Å²) in [6, 6.07) is 4.12. The van der Waals surface area contributed by atoms with E-state index in [9.17, 15) is 26.4 Å². The first kappa shape index (κ1) is 19.2. The lowest BCUT2D eigenvalue weighted by Gasteiger charge is -2.10. The molecule has 0 fully saturated rings. The molecule has 1 aromatic heterocycles. The predicted octanol–water partition coefficient (Wildman–Crippen LogP) is 2.40. The van der Waals surface area contributed by atoms with Gasteiger partial charge in [0.2, 0.25) is 0 Å². The molecule has 2 amide bonds. The van der Waals surface area contributed by atoms with Gasteiger partial charge in [-0.05, 0) is 30.5 Å². The molecule has 2 heterocycles. The number of halogens is 3. The van der Waals surface area contributed by atoms with Gasteiger partial charge in [0.15, 0.2) is 15.5 Å². The molecule has 0 saturated carbocycles. The Morgan fingerprint density at radius 2 is 2.04 bits per heavy atom. The van der Waals surface area contributed by atoms with Crippen molar-refractivity contribution in [2.24, 2.45) is 7.05 Å². The number of hydrogen-bond donors (Lipinski definition) is 2. The van der Waals surface area contributed by atoms with Crippen molar-refractivity contribution in [1.82, 2.24) is 15.1 Å². The van der Waals surface area contributed by atoms with Gasteiger partial charge in [-0.3, -0.25) is 10.00 Å². The molecule has 0 saturated heterocycles. The smallest absolute Gasteiger partial charge is 0.334 e. The van der Waals surface area contributed by atoms with Gasteiger partial charge >= 0.3 is 12.2 Å². The molecular weight excluding hydrogens is 385 g/mol. The summed E-state index contributed by atoms with van der Waals surface area (Å²) < 4.78 is 63.2. The van der Waals surface area contributed by atoms with Crippen LogP contribution in [-0.2, 0) is 36.0 Å². The third-order valence-electron chi connectivity index (χ3n) is 4.34. The number of anilines is 1. The van der Waals surface area contributed by atoms with Crippen molar-refractivity contribution in [2.45, 2.75) is 31.0 Å². The van der Waals surface area contributed by atoms with Crippen LogP contribution in [0.25, 0.3) is 0 Å². The lowest BCUT2D eigenvalue weighted by atomic mass is 10.1. The highest BCUT2D eigenvalue weighted by molar-refractivity contribution is 7.91. The Kier molecular flexibility index (Phi) is 4.66. The number of fused-ring (bicyclic) bond motifs is 1. The maximum Gasteiger partial charge on any atom is 0.435 e. The lowest BCUT2D eigenvalue weighted by molar-refractivity contribution is -0.141. The SMILES string of the molecule is Cc1c(C(F)(F)F)nn(C)c1NC(=O)NCc1ccc2c(c1)CCS2(=O)=O. The Hall–Kier alpha value is -2.56. The molecule has 7 nitrogen and oxygen atoms in total. The monoisotopic (exact) mass is 402 g/mol. The van der Waals surface area contributed by atoms with Crippen LogP contribution in [0.2, 0.25) is 0 Å². The zero-order chi connectivity index (χ0) is 20.0. The average Bonchev–Trinajstić information content (AvgIpc) is 3.03. The van der Waals surface area contributed by atoms with Crippen LogP contribution in [0, 0.1) is 6.92 Å². The summed E-state index contributed by atoms with van der Waals surface area (Å²) in [6.07, 6.45) is -4.19. The fraction of sp³-hybridized carbons (Fsp3) is 0.375. The third-order valence-corrected chi connectivity index (χ3v) is 6.15. The first-order valence-corrected chi connectivity index (χ1v) is 9.64. The molecule has 0 bridgehead atoms. The molecule has 146 valence electrons. The van der Waals surface area contributed by atoms with E-state index >= 15 is 0 Å². The van der Waals surface area contributed by atoms with Gasteiger partial charge in [-0.2, -0.15) is 18.3 Å². The van der Waals surface area contributed by atoms with Gasteiger partial charge in [0.05, 0.1) is 10.6 Å². The number of carbonyl (C=O) groups is 1. The summed E-state index contributed by atoms with van der Waals surface area (Å²) in [6.45, 7) is 1.33. The Bertz CT molecular complexity index is 1010. The van der Waals surface area contributed by atoms with Crippen LogP contribution >= 0.6 is 0 Å². The number of benzene rings is 1. The van der Waals surface area contributed by atoms with Crippen molar-refractivity contribution in [3.8, 4) is 0 Å². The normalized spacial score (nSPS) is 15.4. The number of sulfone groups is 1. The largest absolute Gasteiger partial charge is 0.435 e. The quantitative estimate of drug-likeness (QED) is 0.825. The van der Waals surface area contributed by atoms with E-state index < -0.39 is 27.7 Å². The van der Waals surface area contributed by atoms with Gasteiger partial charge in [-0.1, -0.05) is 12.1 Å². The van der Waals surface area contributed by atoms with Crippen LogP contribution in [0.4, 0.5) is 23.8 Å². The van der Waals surface area contributed by atoms with Crippen molar-refractivity contribution in [3.05, 3.63) is 40.6 Å². The van der Waals surface area contributed by atoms with E-state index in [-0.39, 0.29) is 23.7 Å². The van der Waals surface area contributed by atoms with Gasteiger partial charge in [0.1, 0.15) is 5.82 Å². The van der Waals surface area contributed by atoms with E-state index in [1.54, 1.807) is 12.1 Å². The standard InChI is InChI=1S/C16H17F3N4O3S/c1-9-13(16(17,18)19)22-23(2)14(9)21-15(24)20-8-10-3-4-12-11(7-10)5-6-27(12,25)26/h3-4,7H,5-6,8H2,1-2H3,(H2,20,21,24). The number of aromatic nitrogens is 2. The minimum atomic E-state index is -4.61. The Labute approximate surface area is 153 Å². The lowest BCUT2D eigenvalue weighted by Crippen LogP contribution is -2.29. The van der Waals surface area contributed by atoms with Crippen molar-refractivity contribution >= 4 is 21.7 Å². The van der Waals surface area contributed by atoms with E-state index in [1.807, 2.05) is 0 Å². The fourth-order valence-electron chi connectivity index (χ4n) is 3.00. The second kappa shape index (κ2) is 6.55. The van der Waals surface area contributed by atoms with Crippen LogP contribution in [-0.4, -0.2) is 30.0 Å². The molecule has 0 unspecified atom stereocenters. The molecule has 1 aliphatic rings. The molecule has 0 aliphatic carbocycles. The van der Waals surface area contributed by atoms with Gasteiger partial charge in [-0.15, -0.1) is 0 Å². The summed E-state index contributed by atoms with van der Waals surface area (Å²) in [7, 11) is -1.91. The summed E-state index contributed by atoms with van der Waals surface area (Å²) in [5.41, 5.74) is 0.161. The predicted molar refractivity (Wildman–Crippen MR) is 91.0 cm³/mol. The van der Waals surface area contributed by atoms with E-state index in [1.165, 1.54) is 20.0 Å². The molecule has 0 radical (unpaired) electrons. The summed E-state index contributed by atoms with van der Waals surface area (Å²) in [4.78, 5) is 12.4. The topological polar surface area (TPSA) is 93.1 Å². The molecule has 11 heteroatoms. The summed E-state index contributed by atoms with van der Waals surface area (Å²) in [5.74, 6) is 0.0148. The van der Waals surface area contributed by atoms with Crippen LogP contribution < -0.4 is 10.6 Å². The van der Waals surface area contributed by atoms with E-state index in [2.05, 4.69) is 15.7 Å². The Morgan fingerprint density at radius 1 is 1.33 bits per heavy atom. The van der Waals surface area contributed by atoms with Crippen molar-refractivity contribution in [1.29, 1.82) is 0 Å². The number of rotatable bonds is 3. The first-order valence-electron chi connectivity index (χ1n) is 7.99. The summed E-state index contributed by atoms with van der Waals surface area (Å²) in [5, 5.41) is 8.30. The number of hydrogen-bond acceptors (Lipinski definition) is 4. The van der Waals surface area contributed by atoms with Crippen LogP contribution in [0.5, 0.6) is 0 Å². The van der Waals surface area contributed by atoms with Gasteiger partial charge < -0.3 is 5.32 Å². The number of nitrogens with one attached hydrogen (secondary N) is 2.